The third-order valence-corrected chi connectivity index (χ3v) is 2.48. The minimum Gasteiger partial charge on any atom is -0.372 e. The second-order valence-corrected chi connectivity index (χ2v) is 3.85. The SMILES string of the molecule is CCOCC(=O)NCC(Cl)c1ccccc1. The lowest BCUT2D eigenvalue weighted by Crippen LogP contribution is -2.30. The van der Waals surface area contributed by atoms with E-state index in [1.165, 1.54) is 0 Å². The van der Waals surface area contributed by atoms with E-state index in [9.17, 15) is 4.79 Å². The monoisotopic (exact) mass is 241 g/mol. The molecule has 0 aliphatic heterocycles. The normalized spacial score (nSPS) is 12.1. The predicted molar refractivity (Wildman–Crippen MR) is 64.5 cm³/mol. The van der Waals surface area contributed by atoms with Crippen molar-refractivity contribution >= 4 is 17.5 Å². The lowest BCUT2D eigenvalue weighted by Gasteiger charge is -2.11. The maximum atomic E-state index is 11.2. The number of benzene rings is 1. The maximum Gasteiger partial charge on any atom is 0.246 e. The summed E-state index contributed by atoms with van der Waals surface area (Å²) in [6.07, 6.45) is 0. The van der Waals surface area contributed by atoms with Crippen LogP contribution in [0.4, 0.5) is 0 Å². The van der Waals surface area contributed by atoms with Crippen LogP contribution < -0.4 is 5.32 Å². The Balaban J connectivity index is 2.30. The molecular weight excluding hydrogens is 226 g/mol. The zero-order valence-electron chi connectivity index (χ0n) is 9.28. The van der Waals surface area contributed by atoms with E-state index in [2.05, 4.69) is 5.32 Å². The summed E-state index contributed by atoms with van der Waals surface area (Å²) >= 11 is 6.13. The third kappa shape index (κ3) is 4.64. The highest BCUT2D eigenvalue weighted by Gasteiger charge is 2.08. The zero-order valence-corrected chi connectivity index (χ0v) is 10.0. The van der Waals surface area contributed by atoms with Gasteiger partial charge in [-0.05, 0) is 12.5 Å². The minimum atomic E-state index is -0.202. The molecule has 1 atom stereocenters. The van der Waals surface area contributed by atoms with Gasteiger partial charge < -0.3 is 10.1 Å². The topological polar surface area (TPSA) is 38.3 Å². The molecule has 0 heterocycles. The van der Waals surface area contributed by atoms with Crippen molar-refractivity contribution < 1.29 is 9.53 Å². The molecule has 1 rings (SSSR count). The summed E-state index contributed by atoms with van der Waals surface area (Å²) in [6, 6.07) is 9.65. The molecule has 1 N–H and O–H groups in total. The van der Waals surface area contributed by atoms with Gasteiger partial charge in [-0.1, -0.05) is 30.3 Å². The molecule has 1 unspecified atom stereocenters. The summed E-state index contributed by atoms with van der Waals surface area (Å²) < 4.78 is 4.98. The molecule has 0 aliphatic carbocycles. The molecule has 0 saturated carbocycles. The van der Waals surface area contributed by atoms with Gasteiger partial charge >= 0.3 is 0 Å². The van der Waals surface area contributed by atoms with Crippen LogP contribution in [-0.4, -0.2) is 25.7 Å². The summed E-state index contributed by atoms with van der Waals surface area (Å²) in [5.74, 6) is -0.136. The van der Waals surface area contributed by atoms with Crippen LogP contribution in [-0.2, 0) is 9.53 Å². The number of alkyl halides is 1. The molecule has 3 nitrogen and oxygen atoms in total. The van der Waals surface area contributed by atoms with Crippen LogP contribution in [0.25, 0.3) is 0 Å². The van der Waals surface area contributed by atoms with Crippen LogP contribution in [0.2, 0.25) is 0 Å². The number of hydrogen-bond donors (Lipinski definition) is 1. The van der Waals surface area contributed by atoms with E-state index >= 15 is 0 Å². The van der Waals surface area contributed by atoms with Gasteiger partial charge in [0.05, 0.1) is 5.38 Å². The molecule has 0 fully saturated rings. The summed E-state index contributed by atoms with van der Waals surface area (Å²) in [6.45, 7) is 2.89. The molecule has 0 saturated heterocycles. The maximum absolute atomic E-state index is 11.2. The average Bonchev–Trinajstić information content (AvgIpc) is 2.34. The predicted octanol–water partition coefficient (Wildman–Crippen LogP) is 2.12. The van der Waals surface area contributed by atoms with Crippen molar-refractivity contribution in [1.29, 1.82) is 0 Å². The quantitative estimate of drug-likeness (QED) is 0.775. The summed E-state index contributed by atoms with van der Waals surface area (Å²) in [7, 11) is 0. The second-order valence-electron chi connectivity index (χ2n) is 3.32. The van der Waals surface area contributed by atoms with Gasteiger partial charge in [0.25, 0.3) is 0 Å². The Bertz CT molecular complexity index is 316. The van der Waals surface area contributed by atoms with Crippen molar-refractivity contribution in [3.8, 4) is 0 Å². The van der Waals surface area contributed by atoms with Gasteiger partial charge in [-0.2, -0.15) is 0 Å². The summed E-state index contributed by atoms with van der Waals surface area (Å²) in [4.78, 5) is 11.2. The molecule has 1 aromatic rings. The van der Waals surface area contributed by atoms with Crippen molar-refractivity contribution in [3.63, 3.8) is 0 Å². The van der Waals surface area contributed by atoms with E-state index in [4.69, 9.17) is 16.3 Å². The summed E-state index contributed by atoms with van der Waals surface area (Å²) in [5.41, 5.74) is 1.00. The first kappa shape index (κ1) is 13.0. The fourth-order valence-electron chi connectivity index (χ4n) is 1.23. The Kier molecular flexibility index (Phi) is 5.90. The highest BCUT2D eigenvalue weighted by atomic mass is 35.5. The number of rotatable bonds is 6. The zero-order chi connectivity index (χ0) is 11.8. The van der Waals surface area contributed by atoms with Gasteiger partial charge in [0.15, 0.2) is 0 Å². The molecule has 1 aromatic carbocycles. The number of amides is 1. The first-order chi connectivity index (χ1) is 7.74. The Morgan fingerprint density at radius 2 is 2.12 bits per heavy atom. The molecule has 0 spiro atoms. The summed E-state index contributed by atoms with van der Waals surface area (Å²) in [5, 5.41) is 2.52. The molecule has 88 valence electrons. The average molecular weight is 242 g/mol. The molecule has 1 amide bonds. The smallest absolute Gasteiger partial charge is 0.246 e. The minimum absolute atomic E-state index is 0.0922. The molecular formula is C12H16ClNO2. The first-order valence-corrected chi connectivity index (χ1v) is 5.71. The highest BCUT2D eigenvalue weighted by Crippen LogP contribution is 2.18. The fourth-order valence-corrected chi connectivity index (χ4v) is 1.45. The number of nitrogens with one attached hydrogen (secondary N) is 1. The van der Waals surface area contributed by atoms with E-state index in [1.807, 2.05) is 37.3 Å². The van der Waals surface area contributed by atoms with E-state index in [0.29, 0.717) is 13.2 Å². The van der Waals surface area contributed by atoms with E-state index in [1.54, 1.807) is 0 Å². The molecule has 16 heavy (non-hydrogen) atoms. The van der Waals surface area contributed by atoms with Gasteiger partial charge in [-0.25, -0.2) is 0 Å². The van der Waals surface area contributed by atoms with Crippen LogP contribution in [0.15, 0.2) is 30.3 Å². The number of halogens is 1. The second kappa shape index (κ2) is 7.25. The Hall–Kier alpha value is -1.06. The Morgan fingerprint density at radius 3 is 2.75 bits per heavy atom. The van der Waals surface area contributed by atoms with E-state index in [-0.39, 0.29) is 17.9 Å². The van der Waals surface area contributed by atoms with Gasteiger partial charge in [0.2, 0.25) is 5.91 Å². The number of ether oxygens (including phenoxy) is 1. The van der Waals surface area contributed by atoms with Crippen LogP contribution >= 0.6 is 11.6 Å². The standard InChI is InChI=1S/C12H16ClNO2/c1-2-16-9-12(15)14-8-11(13)10-6-4-3-5-7-10/h3-7,11H,2,8-9H2,1H3,(H,14,15). The van der Waals surface area contributed by atoms with Crippen molar-refractivity contribution in [2.45, 2.75) is 12.3 Å². The van der Waals surface area contributed by atoms with Gasteiger partial charge in [0.1, 0.15) is 6.61 Å². The third-order valence-electron chi connectivity index (χ3n) is 2.08. The van der Waals surface area contributed by atoms with Crippen molar-refractivity contribution in [2.75, 3.05) is 19.8 Å². The molecule has 0 aliphatic rings. The largest absolute Gasteiger partial charge is 0.372 e. The van der Waals surface area contributed by atoms with Crippen LogP contribution in [0.1, 0.15) is 17.9 Å². The number of hydrogen-bond acceptors (Lipinski definition) is 2. The van der Waals surface area contributed by atoms with Gasteiger partial charge in [-0.15, -0.1) is 11.6 Å². The van der Waals surface area contributed by atoms with Crippen molar-refractivity contribution in [2.24, 2.45) is 0 Å². The molecule has 0 radical (unpaired) electrons. The highest BCUT2D eigenvalue weighted by molar-refractivity contribution is 6.21. The Labute approximate surface area is 101 Å². The van der Waals surface area contributed by atoms with E-state index in [0.717, 1.165) is 5.56 Å². The van der Waals surface area contributed by atoms with Gasteiger partial charge in [0, 0.05) is 13.2 Å². The van der Waals surface area contributed by atoms with Crippen molar-refractivity contribution in [3.05, 3.63) is 35.9 Å². The number of carbonyl (C=O) groups is 1. The Morgan fingerprint density at radius 1 is 1.44 bits per heavy atom. The molecule has 0 bridgehead atoms. The first-order valence-electron chi connectivity index (χ1n) is 5.27. The van der Waals surface area contributed by atoms with E-state index < -0.39 is 0 Å². The lowest BCUT2D eigenvalue weighted by molar-refractivity contribution is -0.125. The van der Waals surface area contributed by atoms with Gasteiger partial charge in [-0.3, -0.25) is 4.79 Å². The van der Waals surface area contributed by atoms with Crippen LogP contribution in [0.5, 0.6) is 0 Å². The lowest BCUT2D eigenvalue weighted by atomic mass is 10.1. The fraction of sp³-hybridized carbons (Fsp3) is 0.417. The number of carbonyl (C=O) groups excluding carboxylic acids is 1. The van der Waals surface area contributed by atoms with Crippen LogP contribution in [0, 0.1) is 0 Å². The molecule has 0 aromatic heterocycles. The van der Waals surface area contributed by atoms with Crippen molar-refractivity contribution in [1.82, 2.24) is 5.32 Å². The van der Waals surface area contributed by atoms with Crippen LogP contribution in [0.3, 0.4) is 0 Å². The molecule has 4 heteroatoms.